The van der Waals surface area contributed by atoms with E-state index in [4.69, 9.17) is 5.73 Å². The third kappa shape index (κ3) is 3.51. The summed E-state index contributed by atoms with van der Waals surface area (Å²) in [7, 11) is -3.58. The topological polar surface area (TPSA) is 84.2 Å². The molecular weight excluding hydrogens is 298 g/mol. The van der Waals surface area contributed by atoms with E-state index in [2.05, 4.69) is 10.0 Å². The molecule has 0 spiro atoms. The summed E-state index contributed by atoms with van der Waals surface area (Å²) < 4.78 is 27.1. The van der Waals surface area contributed by atoms with Crippen molar-refractivity contribution in [2.24, 2.45) is 5.92 Å². The Kier molecular flexibility index (Phi) is 3.94. The highest BCUT2D eigenvalue weighted by molar-refractivity contribution is 7.92. The van der Waals surface area contributed by atoms with E-state index >= 15 is 0 Å². The minimum Gasteiger partial charge on any atom is -0.397 e. The van der Waals surface area contributed by atoms with Gasteiger partial charge in [0.2, 0.25) is 0 Å². The van der Waals surface area contributed by atoms with Crippen molar-refractivity contribution in [3.05, 3.63) is 48.5 Å². The van der Waals surface area contributed by atoms with Crippen molar-refractivity contribution < 1.29 is 8.42 Å². The molecule has 0 amide bonds. The molecule has 116 valence electrons. The van der Waals surface area contributed by atoms with Gasteiger partial charge in [-0.15, -0.1) is 0 Å². The molecule has 4 N–H and O–H groups in total. The molecule has 3 rings (SSSR count). The Hall–Kier alpha value is -2.21. The second-order valence-electron chi connectivity index (χ2n) is 5.54. The zero-order chi connectivity index (χ0) is 15.6. The van der Waals surface area contributed by atoms with Gasteiger partial charge in [0.1, 0.15) is 0 Å². The monoisotopic (exact) mass is 317 g/mol. The highest BCUT2D eigenvalue weighted by atomic mass is 32.2. The summed E-state index contributed by atoms with van der Waals surface area (Å²) in [6.45, 7) is 0.916. The van der Waals surface area contributed by atoms with Crippen molar-refractivity contribution >= 4 is 27.1 Å². The Bertz CT molecular complexity index is 756. The van der Waals surface area contributed by atoms with Crippen molar-refractivity contribution in [1.82, 2.24) is 0 Å². The number of hydrogen-bond acceptors (Lipinski definition) is 4. The Morgan fingerprint density at radius 3 is 2.45 bits per heavy atom. The molecule has 2 aromatic rings. The second-order valence-corrected chi connectivity index (χ2v) is 7.23. The van der Waals surface area contributed by atoms with Gasteiger partial charge in [-0.2, -0.15) is 0 Å². The van der Waals surface area contributed by atoms with Crippen LogP contribution in [0.2, 0.25) is 0 Å². The fraction of sp³-hybridized carbons (Fsp3) is 0.250. The zero-order valence-corrected chi connectivity index (χ0v) is 12.9. The van der Waals surface area contributed by atoms with Gasteiger partial charge in [0.05, 0.1) is 22.0 Å². The van der Waals surface area contributed by atoms with Crippen LogP contribution in [0, 0.1) is 5.92 Å². The standard InChI is InChI=1S/C16H19N3O2S/c17-15-10-13(8-9-16(15)18-11-12-6-7-12)19-22(20,21)14-4-2-1-3-5-14/h1-5,8-10,12,18-19H,6-7,11,17H2. The number of hydrogen-bond donors (Lipinski definition) is 3. The maximum Gasteiger partial charge on any atom is 0.261 e. The average molecular weight is 317 g/mol. The largest absolute Gasteiger partial charge is 0.397 e. The third-order valence-electron chi connectivity index (χ3n) is 3.64. The summed E-state index contributed by atoms with van der Waals surface area (Å²) in [5, 5.41) is 3.29. The van der Waals surface area contributed by atoms with E-state index in [0.29, 0.717) is 11.4 Å². The van der Waals surface area contributed by atoms with Crippen LogP contribution in [0.15, 0.2) is 53.4 Å². The van der Waals surface area contributed by atoms with Crippen LogP contribution in [0.4, 0.5) is 17.1 Å². The normalized spacial score (nSPS) is 14.5. The molecule has 0 bridgehead atoms. The van der Waals surface area contributed by atoms with Gasteiger partial charge in [0.15, 0.2) is 0 Å². The minimum atomic E-state index is -3.58. The van der Waals surface area contributed by atoms with Gasteiger partial charge in [-0.1, -0.05) is 18.2 Å². The third-order valence-corrected chi connectivity index (χ3v) is 5.03. The first-order valence-electron chi connectivity index (χ1n) is 7.26. The maximum absolute atomic E-state index is 12.3. The van der Waals surface area contributed by atoms with Crippen LogP contribution in [0.5, 0.6) is 0 Å². The Morgan fingerprint density at radius 1 is 1.09 bits per heavy atom. The number of rotatable bonds is 6. The first kappa shape index (κ1) is 14.7. The van der Waals surface area contributed by atoms with Gasteiger partial charge in [-0.25, -0.2) is 8.42 Å². The maximum atomic E-state index is 12.3. The number of nitrogens with one attached hydrogen (secondary N) is 2. The summed E-state index contributed by atoms with van der Waals surface area (Å²) in [4.78, 5) is 0.226. The molecular formula is C16H19N3O2S. The smallest absolute Gasteiger partial charge is 0.261 e. The fourth-order valence-electron chi connectivity index (χ4n) is 2.18. The van der Waals surface area contributed by atoms with Crippen LogP contribution in [-0.4, -0.2) is 15.0 Å². The molecule has 0 saturated heterocycles. The highest BCUT2D eigenvalue weighted by Crippen LogP contribution is 2.30. The lowest BCUT2D eigenvalue weighted by Gasteiger charge is -2.12. The summed E-state index contributed by atoms with van der Waals surface area (Å²) in [6.07, 6.45) is 2.53. The lowest BCUT2D eigenvalue weighted by atomic mass is 10.2. The van der Waals surface area contributed by atoms with Crippen molar-refractivity contribution in [2.45, 2.75) is 17.7 Å². The lowest BCUT2D eigenvalue weighted by molar-refractivity contribution is 0.601. The number of anilines is 3. The van der Waals surface area contributed by atoms with Crippen LogP contribution in [0.25, 0.3) is 0 Å². The molecule has 22 heavy (non-hydrogen) atoms. The van der Waals surface area contributed by atoms with E-state index in [1.54, 1.807) is 48.5 Å². The molecule has 2 aromatic carbocycles. The summed E-state index contributed by atoms with van der Waals surface area (Å²) in [5.74, 6) is 0.746. The second kappa shape index (κ2) is 5.88. The van der Waals surface area contributed by atoms with Gasteiger partial charge in [-0.05, 0) is 49.1 Å². The quantitative estimate of drug-likeness (QED) is 0.715. The summed E-state index contributed by atoms with van der Waals surface area (Å²) in [6, 6.07) is 13.4. The molecule has 0 unspecified atom stereocenters. The van der Waals surface area contributed by atoms with Crippen LogP contribution >= 0.6 is 0 Å². The number of sulfonamides is 1. The van der Waals surface area contributed by atoms with Gasteiger partial charge in [0, 0.05) is 6.54 Å². The summed E-state index contributed by atoms with van der Waals surface area (Å²) in [5.41, 5.74) is 7.82. The summed E-state index contributed by atoms with van der Waals surface area (Å²) >= 11 is 0. The minimum absolute atomic E-state index is 0.226. The average Bonchev–Trinajstić information content (AvgIpc) is 3.31. The molecule has 0 aromatic heterocycles. The predicted octanol–water partition coefficient (Wildman–Crippen LogP) is 2.89. The predicted molar refractivity (Wildman–Crippen MR) is 89.3 cm³/mol. The van der Waals surface area contributed by atoms with Crippen molar-refractivity contribution in [1.29, 1.82) is 0 Å². The van der Waals surface area contributed by atoms with Crippen molar-refractivity contribution in [3.63, 3.8) is 0 Å². The SMILES string of the molecule is Nc1cc(NS(=O)(=O)c2ccccc2)ccc1NCC1CC1. The molecule has 0 radical (unpaired) electrons. The Balaban J connectivity index is 1.73. The lowest BCUT2D eigenvalue weighted by Crippen LogP contribution is -2.13. The van der Waals surface area contributed by atoms with E-state index in [1.807, 2.05) is 0 Å². The van der Waals surface area contributed by atoms with E-state index in [9.17, 15) is 8.42 Å². The molecule has 5 nitrogen and oxygen atoms in total. The van der Waals surface area contributed by atoms with E-state index < -0.39 is 10.0 Å². The number of nitrogens with two attached hydrogens (primary N) is 1. The van der Waals surface area contributed by atoms with Crippen LogP contribution in [-0.2, 0) is 10.0 Å². The molecule has 0 atom stereocenters. The Morgan fingerprint density at radius 2 is 1.82 bits per heavy atom. The molecule has 1 fully saturated rings. The van der Waals surface area contributed by atoms with E-state index in [0.717, 1.165) is 18.2 Å². The molecule has 1 aliphatic rings. The van der Waals surface area contributed by atoms with E-state index in [-0.39, 0.29) is 4.90 Å². The van der Waals surface area contributed by atoms with Crippen LogP contribution < -0.4 is 15.8 Å². The Labute approximate surface area is 130 Å². The highest BCUT2D eigenvalue weighted by Gasteiger charge is 2.21. The van der Waals surface area contributed by atoms with Gasteiger partial charge in [0.25, 0.3) is 10.0 Å². The molecule has 0 aliphatic heterocycles. The van der Waals surface area contributed by atoms with Crippen LogP contribution in [0.1, 0.15) is 12.8 Å². The molecule has 0 heterocycles. The van der Waals surface area contributed by atoms with E-state index in [1.165, 1.54) is 12.8 Å². The van der Waals surface area contributed by atoms with Gasteiger partial charge < -0.3 is 11.1 Å². The van der Waals surface area contributed by atoms with Crippen molar-refractivity contribution in [3.8, 4) is 0 Å². The van der Waals surface area contributed by atoms with Crippen LogP contribution in [0.3, 0.4) is 0 Å². The number of benzene rings is 2. The molecule has 1 saturated carbocycles. The first-order valence-corrected chi connectivity index (χ1v) is 8.74. The van der Waals surface area contributed by atoms with Gasteiger partial charge in [-0.3, -0.25) is 4.72 Å². The zero-order valence-electron chi connectivity index (χ0n) is 12.1. The fourth-order valence-corrected chi connectivity index (χ4v) is 3.25. The molecule has 6 heteroatoms. The van der Waals surface area contributed by atoms with Crippen molar-refractivity contribution in [2.75, 3.05) is 22.3 Å². The number of nitrogen functional groups attached to an aromatic ring is 1. The van der Waals surface area contributed by atoms with Gasteiger partial charge >= 0.3 is 0 Å². The first-order chi connectivity index (χ1) is 10.5. The molecule has 1 aliphatic carbocycles.